The second kappa shape index (κ2) is 10.9. The number of esters is 4. The molecule has 0 aromatic carbocycles. The van der Waals surface area contributed by atoms with Crippen LogP contribution in [0.3, 0.4) is 0 Å². The molecule has 2 aliphatic rings. The van der Waals surface area contributed by atoms with Crippen LogP contribution in [0, 0.1) is 5.92 Å². The van der Waals surface area contributed by atoms with Gasteiger partial charge < -0.3 is 24.1 Å². The van der Waals surface area contributed by atoms with Crippen molar-refractivity contribution >= 4 is 23.9 Å². The van der Waals surface area contributed by atoms with Gasteiger partial charge in [0.05, 0.1) is 25.2 Å². The van der Waals surface area contributed by atoms with E-state index in [0.29, 0.717) is 12.0 Å². The Kier molecular flexibility index (Phi) is 8.54. The van der Waals surface area contributed by atoms with Gasteiger partial charge in [-0.15, -0.1) is 0 Å². The van der Waals surface area contributed by atoms with Crippen molar-refractivity contribution in [1.29, 1.82) is 0 Å². The number of aliphatic hydroxyl groups is 1. The lowest BCUT2D eigenvalue weighted by Crippen LogP contribution is -2.46. The van der Waals surface area contributed by atoms with E-state index in [1.807, 2.05) is 0 Å². The highest BCUT2D eigenvalue weighted by molar-refractivity contribution is 5.93. The lowest BCUT2D eigenvalue weighted by Gasteiger charge is -2.33. The smallest absolute Gasteiger partial charge is 0.337 e. The third-order valence-electron chi connectivity index (χ3n) is 5.37. The van der Waals surface area contributed by atoms with Crippen LogP contribution < -0.4 is 0 Å². The summed E-state index contributed by atoms with van der Waals surface area (Å²) in [6.07, 6.45) is 1.59. The van der Waals surface area contributed by atoms with E-state index in [4.69, 9.17) is 18.9 Å². The molecule has 0 saturated carbocycles. The van der Waals surface area contributed by atoms with Gasteiger partial charge in [-0.2, -0.15) is 0 Å². The highest BCUT2D eigenvalue weighted by Gasteiger charge is 2.50. The number of aliphatic hydroxyl groups excluding tert-OH is 1. The molecule has 0 spiro atoms. The molecule has 1 aliphatic heterocycles. The molecule has 2 rings (SSSR count). The van der Waals surface area contributed by atoms with Gasteiger partial charge in [-0.1, -0.05) is 18.7 Å². The Labute approximate surface area is 186 Å². The Bertz CT molecular complexity index is 893. The molecule has 1 saturated heterocycles. The lowest BCUT2D eigenvalue weighted by atomic mass is 9.83. The van der Waals surface area contributed by atoms with Gasteiger partial charge in [-0.25, -0.2) is 14.4 Å². The Morgan fingerprint density at radius 3 is 2.53 bits per heavy atom. The first-order chi connectivity index (χ1) is 15.1. The highest BCUT2D eigenvalue weighted by atomic mass is 16.6. The van der Waals surface area contributed by atoms with Crippen molar-refractivity contribution in [1.82, 2.24) is 0 Å². The van der Waals surface area contributed by atoms with Crippen LogP contribution in [0.2, 0.25) is 0 Å². The van der Waals surface area contributed by atoms with Crippen LogP contribution in [0.25, 0.3) is 0 Å². The van der Waals surface area contributed by atoms with Gasteiger partial charge in [0.15, 0.2) is 12.2 Å². The van der Waals surface area contributed by atoms with E-state index in [-0.39, 0.29) is 29.7 Å². The summed E-state index contributed by atoms with van der Waals surface area (Å²) in [5, 5.41) is 9.72. The first-order valence-corrected chi connectivity index (χ1v) is 10.1. The molecule has 4 atom stereocenters. The van der Waals surface area contributed by atoms with E-state index in [9.17, 15) is 24.3 Å². The number of hydrogen-bond acceptors (Lipinski definition) is 9. The van der Waals surface area contributed by atoms with Crippen molar-refractivity contribution in [2.75, 3.05) is 13.7 Å². The molecular formula is C23H28O9. The molecule has 174 valence electrons. The monoisotopic (exact) mass is 448 g/mol. The summed E-state index contributed by atoms with van der Waals surface area (Å²) in [6, 6.07) is 0. The summed E-state index contributed by atoms with van der Waals surface area (Å²) in [5.41, 5.74) is 0.764. The molecule has 0 unspecified atom stereocenters. The summed E-state index contributed by atoms with van der Waals surface area (Å²) in [4.78, 5) is 49.6. The molecule has 1 heterocycles. The van der Waals surface area contributed by atoms with E-state index in [1.54, 1.807) is 13.0 Å². The highest BCUT2D eigenvalue weighted by Crippen LogP contribution is 2.38. The number of rotatable bonds is 5. The SMILES string of the molecule is C=C1C(=O)O[C@@H]2/C=C(/CO)CC/C=C(/C(=O)OC)[C@@H](OC(C)=O)[C@@H](OC(=O)/C(C)=C\C)[C@@H]12. The zero-order valence-electron chi connectivity index (χ0n) is 18.6. The minimum Gasteiger partial charge on any atom is -0.466 e. The maximum Gasteiger partial charge on any atom is 0.337 e. The predicted octanol–water partition coefficient (Wildman–Crippen LogP) is 1.71. The van der Waals surface area contributed by atoms with Crippen molar-refractivity contribution in [3.8, 4) is 0 Å². The van der Waals surface area contributed by atoms with E-state index >= 15 is 0 Å². The number of fused-ring (bicyclic) bond motifs is 1. The Hall–Kier alpha value is -3.20. The molecule has 32 heavy (non-hydrogen) atoms. The standard InChI is InChI=1S/C23H28O9/c1-6-12(2)21(26)32-20-18-13(3)22(27)31-17(18)10-15(11-24)8-7-9-16(23(28)29-5)19(20)30-14(4)25/h6,9-10,17-20,24H,3,7-8,11H2,1-2,4-5H3/b12-6-,15-10+,16-9+/t17-,18+,19-,20+/m1/s1. The van der Waals surface area contributed by atoms with Crippen LogP contribution in [0.15, 0.2) is 47.1 Å². The normalized spacial score (nSPS) is 29.5. The number of carbonyl (C=O) groups is 4. The third kappa shape index (κ3) is 5.53. The second-order valence-corrected chi connectivity index (χ2v) is 7.47. The number of carbonyl (C=O) groups excluding carboxylic acids is 4. The van der Waals surface area contributed by atoms with Crippen LogP contribution in [-0.4, -0.2) is 61.0 Å². The largest absolute Gasteiger partial charge is 0.466 e. The Morgan fingerprint density at radius 2 is 1.97 bits per heavy atom. The molecule has 0 aromatic heterocycles. The van der Waals surface area contributed by atoms with Crippen LogP contribution in [0.5, 0.6) is 0 Å². The van der Waals surface area contributed by atoms with E-state index < -0.39 is 48.1 Å². The molecule has 1 fully saturated rings. The van der Waals surface area contributed by atoms with Crippen molar-refractivity contribution in [3.05, 3.63) is 47.1 Å². The van der Waals surface area contributed by atoms with Crippen molar-refractivity contribution in [2.24, 2.45) is 5.92 Å². The summed E-state index contributed by atoms with van der Waals surface area (Å²) in [5.74, 6) is -3.95. The Morgan fingerprint density at radius 1 is 1.28 bits per heavy atom. The fourth-order valence-electron chi connectivity index (χ4n) is 3.57. The summed E-state index contributed by atoms with van der Waals surface area (Å²) in [7, 11) is 1.17. The lowest BCUT2D eigenvalue weighted by molar-refractivity contribution is -0.167. The van der Waals surface area contributed by atoms with E-state index in [0.717, 1.165) is 6.92 Å². The molecular weight excluding hydrogens is 420 g/mol. The molecule has 0 radical (unpaired) electrons. The molecule has 9 heteroatoms. The molecule has 1 N–H and O–H groups in total. The predicted molar refractivity (Wildman–Crippen MR) is 112 cm³/mol. The van der Waals surface area contributed by atoms with Gasteiger partial charge in [0.1, 0.15) is 6.10 Å². The van der Waals surface area contributed by atoms with Crippen molar-refractivity contribution < 1.29 is 43.2 Å². The fraction of sp³-hybridized carbons (Fsp3) is 0.478. The van der Waals surface area contributed by atoms with Crippen LogP contribution in [-0.2, 0) is 38.1 Å². The van der Waals surface area contributed by atoms with E-state index in [2.05, 4.69) is 6.58 Å². The average molecular weight is 448 g/mol. The number of methoxy groups -OCH3 is 1. The zero-order chi connectivity index (χ0) is 24.0. The maximum atomic E-state index is 12.7. The van der Waals surface area contributed by atoms with Crippen LogP contribution >= 0.6 is 0 Å². The van der Waals surface area contributed by atoms with Gasteiger partial charge in [-0.3, -0.25) is 4.79 Å². The van der Waals surface area contributed by atoms with E-state index in [1.165, 1.54) is 26.2 Å². The van der Waals surface area contributed by atoms with Gasteiger partial charge >= 0.3 is 23.9 Å². The minimum absolute atomic E-state index is 0.0126. The molecule has 0 aromatic rings. The molecule has 0 amide bonds. The number of ether oxygens (including phenoxy) is 4. The maximum absolute atomic E-state index is 12.7. The van der Waals surface area contributed by atoms with Crippen LogP contribution in [0.1, 0.15) is 33.6 Å². The summed E-state index contributed by atoms with van der Waals surface area (Å²) >= 11 is 0. The Balaban J connectivity index is 2.73. The average Bonchev–Trinajstić information content (AvgIpc) is 3.04. The first-order valence-electron chi connectivity index (χ1n) is 10.1. The van der Waals surface area contributed by atoms with Gasteiger partial charge in [0, 0.05) is 18.1 Å². The molecule has 1 aliphatic carbocycles. The second-order valence-electron chi connectivity index (χ2n) is 7.47. The first kappa shape index (κ1) is 25.1. The topological polar surface area (TPSA) is 125 Å². The summed E-state index contributed by atoms with van der Waals surface area (Å²) in [6.45, 7) is 7.80. The van der Waals surface area contributed by atoms with Gasteiger partial charge in [-0.05, 0) is 38.3 Å². The quantitative estimate of drug-likeness (QED) is 0.289. The van der Waals surface area contributed by atoms with Gasteiger partial charge in [0.2, 0.25) is 0 Å². The number of hydrogen-bond donors (Lipinski definition) is 1. The summed E-state index contributed by atoms with van der Waals surface area (Å²) < 4.78 is 21.4. The number of allylic oxidation sites excluding steroid dienone is 2. The van der Waals surface area contributed by atoms with Crippen molar-refractivity contribution in [2.45, 2.75) is 51.9 Å². The van der Waals surface area contributed by atoms with Crippen LogP contribution in [0.4, 0.5) is 0 Å². The van der Waals surface area contributed by atoms with Crippen molar-refractivity contribution in [3.63, 3.8) is 0 Å². The zero-order valence-corrected chi connectivity index (χ0v) is 18.6. The third-order valence-corrected chi connectivity index (χ3v) is 5.37. The minimum atomic E-state index is -1.38. The van der Waals surface area contributed by atoms with Gasteiger partial charge in [0.25, 0.3) is 0 Å². The molecule has 9 nitrogen and oxygen atoms in total. The molecule has 0 bridgehead atoms. The fourth-order valence-corrected chi connectivity index (χ4v) is 3.57.